The third-order valence-corrected chi connectivity index (χ3v) is 4.90. The molecule has 1 amide bonds. The van der Waals surface area contributed by atoms with Crippen molar-refractivity contribution in [2.75, 3.05) is 18.9 Å². The Hall–Kier alpha value is -2.79. The van der Waals surface area contributed by atoms with Crippen molar-refractivity contribution in [1.29, 1.82) is 0 Å². The molecule has 5 nitrogen and oxygen atoms in total. The number of rotatable bonds is 3. The Labute approximate surface area is 153 Å². The standard InChI is InChI=1S/C21H22N2O3/c22-18-8-6-16(7-9-18)17-10-19-13-25-14-20(11-17)23(19)21(24)26-12-15-4-2-1-3-5-15/h1-10,19-20H,11-14,22H2. The van der Waals surface area contributed by atoms with Crippen molar-refractivity contribution in [3.8, 4) is 0 Å². The number of hydrogen-bond donors (Lipinski definition) is 1. The van der Waals surface area contributed by atoms with Gasteiger partial charge in [0.25, 0.3) is 0 Å². The first-order chi connectivity index (χ1) is 12.7. The average Bonchev–Trinajstić information content (AvgIpc) is 2.66. The van der Waals surface area contributed by atoms with Crippen molar-refractivity contribution in [3.05, 3.63) is 71.8 Å². The summed E-state index contributed by atoms with van der Waals surface area (Å²) in [6.45, 7) is 1.31. The minimum atomic E-state index is -0.278. The van der Waals surface area contributed by atoms with Gasteiger partial charge in [-0.2, -0.15) is 0 Å². The monoisotopic (exact) mass is 350 g/mol. The lowest BCUT2D eigenvalue weighted by molar-refractivity contribution is -0.0342. The lowest BCUT2D eigenvalue weighted by Crippen LogP contribution is -2.56. The first-order valence-corrected chi connectivity index (χ1v) is 8.84. The van der Waals surface area contributed by atoms with Gasteiger partial charge in [0.15, 0.2) is 0 Å². The number of benzene rings is 2. The highest BCUT2D eigenvalue weighted by atomic mass is 16.6. The van der Waals surface area contributed by atoms with E-state index in [0.717, 1.165) is 23.2 Å². The maximum Gasteiger partial charge on any atom is 0.411 e. The number of nitrogen functional groups attached to an aromatic ring is 1. The molecule has 0 spiro atoms. The highest BCUT2D eigenvalue weighted by Gasteiger charge is 2.39. The molecule has 5 heteroatoms. The second-order valence-electron chi connectivity index (χ2n) is 6.72. The molecule has 2 bridgehead atoms. The van der Waals surface area contributed by atoms with Crippen molar-refractivity contribution in [3.63, 3.8) is 0 Å². The van der Waals surface area contributed by atoms with E-state index >= 15 is 0 Å². The predicted octanol–water partition coefficient (Wildman–Crippen LogP) is 3.46. The Morgan fingerprint density at radius 1 is 1.12 bits per heavy atom. The molecule has 0 radical (unpaired) electrons. The van der Waals surface area contributed by atoms with Gasteiger partial charge in [0.2, 0.25) is 0 Å². The molecule has 2 aromatic rings. The Morgan fingerprint density at radius 2 is 1.88 bits per heavy atom. The molecule has 0 aliphatic carbocycles. The zero-order valence-electron chi connectivity index (χ0n) is 14.5. The second-order valence-corrected chi connectivity index (χ2v) is 6.72. The van der Waals surface area contributed by atoms with Crippen LogP contribution in [-0.2, 0) is 16.1 Å². The van der Waals surface area contributed by atoms with E-state index in [0.29, 0.717) is 13.2 Å². The van der Waals surface area contributed by atoms with Crippen molar-refractivity contribution in [1.82, 2.24) is 4.90 Å². The van der Waals surface area contributed by atoms with E-state index in [1.165, 1.54) is 5.57 Å². The molecule has 2 aromatic carbocycles. The number of nitrogens with two attached hydrogens (primary N) is 1. The lowest BCUT2D eigenvalue weighted by Gasteiger charge is -2.43. The van der Waals surface area contributed by atoms with Crippen LogP contribution < -0.4 is 5.73 Å². The van der Waals surface area contributed by atoms with Gasteiger partial charge in [-0.05, 0) is 35.3 Å². The molecule has 134 valence electrons. The molecule has 2 atom stereocenters. The Kier molecular flexibility index (Phi) is 4.63. The van der Waals surface area contributed by atoms with Gasteiger partial charge in [-0.15, -0.1) is 0 Å². The molecule has 1 fully saturated rings. The zero-order valence-corrected chi connectivity index (χ0v) is 14.5. The molecule has 4 rings (SSSR count). The van der Waals surface area contributed by atoms with Crippen LogP contribution in [0.25, 0.3) is 5.57 Å². The van der Waals surface area contributed by atoms with E-state index in [2.05, 4.69) is 6.08 Å². The zero-order chi connectivity index (χ0) is 17.9. The van der Waals surface area contributed by atoms with E-state index in [1.807, 2.05) is 59.5 Å². The lowest BCUT2D eigenvalue weighted by atomic mass is 9.90. The van der Waals surface area contributed by atoms with Gasteiger partial charge in [0.1, 0.15) is 6.61 Å². The number of hydrogen-bond acceptors (Lipinski definition) is 4. The molecule has 26 heavy (non-hydrogen) atoms. The molecule has 2 aliphatic rings. The van der Waals surface area contributed by atoms with Gasteiger partial charge in [0.05, 0.1) is 25.3 Å². The number of anilines is 1. The normalized spacial score (nSPS) is 21.8. The number of morpholine rings is 1. The van der Waals surface area contributed by atoms with E-state index in [9.17, 15) is 4.79 Å². The van der Waals surface area contributed by atoms with E-state index in [1.54, 1.807) is 0 Å². The molecule has 1 saturated heterocycles. The highest BCUT2D eigenvalue weighted by molar-refractivity contribution is 5.75. The predicted molar refractivity (Wildman–Crippen MR) is 100 cm³/mol. The minimum absolute atomic E-state index is 0.00502. The van der Waals surface area contributed by atoms with Crippen molar-refractivity contribution in [2.45, 2.75) is 25.1 Å². The number of carbonyl (C=O) groups excluding carboxylic acids is 1. The number of ether oxygens (including phenoxy) is 2. The quantitative estimate of drug-likeness (QED) is 0.861. The van der Waals surface area contributed by atoms with Gasteiger partial charge in [-0.1, -0.05) is 48.5 Å². The van der Waals surface area contributed by atoms with Crippen LogP contribution in [0.4, 0.5) is 10.5 Å². The van der Waals surface area contributed by atoms with Crippen LogP contribution in [-0.4, -0.2) is 36.3 Å². The highest BCUT2D eigenvalue weighted by Crippen LogP contribution is 2.33. The third-order valence-electron chi connectivity index (χ3n) is 4.90. The second kappa shape index (κ2) is 7.22. The van der Waals surface area contributed by atoms with Gasteiger partial charge in [-0.3, -0.25) is 4.90 Å². The van der Waals surface area contributed by atoms with Gasteiger partial charge in [-0.25, -0.2) is 4.79 Å². The summed E-state index contributed by atoms with van der Waals surface area (Å²) in [6.07, 6.45) is 2.59. The summed E-state index contributed by atoms with van der Waals surface area (Å²) >= 11 is 0. The van der Waals surface area contributed by atoms with Crippen molar-refractivity contribution in [2.24, 2.45) is 0 Å². The van der Waals surface area contributed by atoms with Crippen LogP contribution in [0.15, 0.2) is 60.7 Å². The first kappa shape index (κ1) is 16.7. The third kappa shape index (κ3) is 3.44. The fourth-order valence-electron chi connectivity index (χ4n) is 3.59. The summed E-state index contributed by atoms with van der Waals surface area (Å²) in [5, 5.41) is 0. The van der Waals surface area contributed by atoms with Crippen molar-refractivity contribution < 1.29 is 14.3 Å². The first-order valence-electron chi connectivity index (χ1n) is 8.84. The molecule has 2 heterocycles. The number of amides is 1. The van der Waals surface area contributed by atoms with Crippen LogP contribution in [0.2, 0.25) is 0 Å². The maximum absolute atomic E-state index is 12.7. The molecule has 0 aromatic heterocycles. The largest absolute Gasteiger partial charge is 0.445 e. The fourth-order valence-corrected chi connectivity index (χ4v) is 3.59. The SMILES string of the molecule is Nc1ccc(C2=CC3COCC(C2)N3C(=O)OCc2ccccc2)cc1. The maximum atomic E-state index is 12.7. The molecular formula is C21H22N2O3. The topological polar surface area (TPSA) is 64.8 Å². The molecule has 2 aliphatic heterocycles. The molecule has 2 unspecified atom stereocenters. The molecule has 2 N–H and O–H groups in total. The Bertz CT molecular complexity index is 802. The number of nitrogens with zero attached hydrogens (tertiary/aromatic N) is 1. The van der Waals surface area contributed by atoms with Crippen LogP contribution in [0.5, 0.6) is 0 Å². The van der Waals surface area contributed by atoms with Gasteiger partial charge >= 0.3 is 6.09 Å². The summed E-state index contributed by atoms with van der Waals surface area (Å²) in [4.78, 5) is 14.5. The fraction of sp³-hybridized carbons (Fsp3) is 0.286. The van der Waals surface area contributed by atoms with Crippen LogP contribution in [0, 0.1) is 0 Å². The Balaban J connectivity index is 1.49. The van der Waals surface area contributed by atoms with E-state index in [-0.39, 0.29) is 24.8 Å². The van der Waals surface area contributed by atoms with Crippen LogP contribution >= 0.6 is 0 Å². The molecular weight excluding hydrogens is 328 g/mol. The summed E-state index contributed by atoms with van der Waals surface area (Å²) in [5.41, 5.74) is 9.89. The van der Waals surface area contributed by atoms with Crippen LogP contribution in [0.1, 0.15) is 17.5 Å². The minimum Gasteiger partial charge on any atom is -0.445 e. The summed E-state index contributed by atoms with van der Waals surface area (Å²) in [7, 11) is 0. The van der Waals surface area contributed by atoms with Gasteiger partial charge in [0, 0.05) is 5.69 Å². The van der Waals surface area contributed by atoms with E-state index < -0.39 is 0 Å². The van der Waals surface area contributed by atoms with Crippen LogP contribution in [0.3, 0.4) is 0 Å². The smallest absolute Gasteiger partial charge is 0.411 e. The average molecular weight is 350 g/mol. The summed E-state index contributed by atoms with van der Waals surface area (Å²) in [5.74, 6) is 0. The summed E-state index contributed by atoms with van der Waals surface area (Å²) < 4.78 is 11.2. The number of carbonyl (C=O) groups is 1. The van der Waals surface area contributed by atoms with Gasteiger partial charge < -0.3 is 15.2 Å². The number of fused-ring (bicyclic) bond motifs is 2. The Morgan fingerprint density at radius 3 is 2.62 bits per heavy atom. The molecule has 0 saturated carbocycles. The summed E-state index contributed by atoms with van der Waals surface area (Å²) in [6, 6.07) is 17.5. The van der Waals surface area contributed by atoms with E-state index in [4.69, 9.17) is 15.2 Å². The van der Waals surface area contributed by atoms with Crippen molar-refractivity contribution >= 4 is 17.4 Å².